The van der Waals surface area contributed by atoms with Crippen LogP contribution in [-0.2, 0) is 13.1 Å². The Morgan fingerprint density at radius 2 is 1.35 bits per heavy atom. The van der Waals surface area contributed by atoms with Crippen molar-refractivity contribution in [3.63, 3.8) is 0 Å². The summed E-state index contributed by atoms with van der Waals surface area (Å²) in [5.41, 5.74) is 18.9. The first kappa shape index (κ1) is 14.2. The van der Waals surface area contributed by atoms with Crippen molar-refractivity contribution in [2.24, 2.45) is 17.2 Å². The van der Waals surface area contributed by atoms with E-state index in [-0.39, 0.29) is 0 Å². The summed E-state index contributed by atoms with van der Waals surface area (Å²) in [6, 6.07) is 8.49. The van der Waals surface area contributed by atoms with Gasteiger partial charge in [-0.2, -0.15) is 0 Å². The van der Waals surface area contributed by atoms with Gasteiger partial charge < -0.3 is 17.2 Å². The van der Waals surface area contributed by atoms with Crippen LogP contribution in [0.4, 0.5) is 0 Å². The second kappa shape index (κ2) is 8.23. The lowest BCUT2D eigenvalue weighted by Gasteiger charge is -2.15. The van der Waals surface area contributed by atoms with Gasteiger partial charge in [-0.3, -0.25) is 0 Å². The van der Waals surface area contributed by atoms with E-state index < -0.39 is 0 Å². The Kier molecular flexibility index (Phi) is 6.86. The average molecular weight is 235 g/mol. The van der Waals surface area contributed by atoms with E-state index in [1.165, 1.54) is 32.1 Å². The molecular weight excluding hydrogens is 210 g/mol. The first-order valence-electron chi connectivity index (χ1n) is 6.50. The second-order valence-corrected chi connectivity index (χ2v) is 4.58. The molecule has 0 aliphatic heterocycles. The fourth-order valence-electron chi connectivity index (χ4n) is 2.09. The molecule has 0 heterocycles. The Hall–Kier alpha value is -0.900. The first-order valence-corrected chi connectivity index (χ1v) is 6.50. The molecular formula is C14H25N3. The van der Waals surface area contributed by atoms with Crippen molar-refractivity contribution in [2.75, 3.05) is 0 Å². The molecule has 1 aromatic carbocycles. The van der Waals surface area contributed by atoms with E-state index in [1.807, 2.05) is 24.3 Å². The quantitative estimate of drug-likeness (QED) is 0.732. The molecule has 0 saturated heterocycles. The van der Waals surface area contributed by atoms with Crippen LogP contribution in [-0.4, -0.2) is 6.04 Å². The molecule has 0 amide bonds. The number of hydrogen-bond donors (Lipinski definition) is 3. The third kappa shape index (κ3) is 5.31. The van der Waals surface area contributed by atoms with E-state index in [1.54, 1.807) is 0 Å². The van der Waals surface area contributed by atoms with Gasteiger partial charge >= 0.3 is 0 Å². The molecule has 1 aliphatic carbocycles. The highest BCUT2D eigenvalue weighted by Gasteiger charge is 2.06. The second-order valence-electron chi connectivity index (χ2n) is 4.58. The number of nitrogens with two attached hydrogens (primary N) is 3. The van der Waals surface area contributed by atoms with Gasteiger partial charge in [0.2, 0.25) is 0 Å². The number of rotatable bonds is 2. The largest absolute Gasteiger partial charge is 0.328 e. The van der Waals surface area contributed by atoms with E-state index in [0.717, 1.165) is 11.1 Å². The van der Waals surface area contributed by atoms with Crippen LogP contribution in [0.3, 0.4) is 0 Å². The molecule has 2 rings (SSSR count). The van der Waals surface area contributed by atoms with Gasteiger partial charge in [0.1, 0.15) is 0 Å². The van der Waals surface area contributed by atoms with Crippen molar-refractivity contribution < 1.29 is 0 Å². The van der Waals surface area contributed by atoms with Crippen molar-refractivity contribution in [3.05, 3.63) is 35.4 Å². The van der Waals surface area contributed by atoms with Crippen LogP contribution >= 0.6 is 0 Å². The number of hydrogen-bond acceptors (Lipinski definition) is 3. The van der Waals surface area contributed by atoms with Gasteiger partial charge in [0.15, 0.2) is 0 Å². The average Bonchev–Trinajstić information content (AvgIpc) is 2.40. The van der Waals surface area contributed by atoms with Crippen LogP contribution in [0.25, 0.3) is 0 Å². The third-order valence-corrected chi connectivity index (χ3v) is 3.21. The molecule has 1 saturated carbocycles. The summed E-state index contributed by atoms with van der Waals surface area (Å²) >= 11 is 0. The van der Waals surface area contributed by atoms with Gasteiger partial charge in [0, 0.05) is 19.1 Å². The molecule has 6 N–H and O–H groups in total. The lowest BCUT2D eigenvalue weighted by Crippen LogP contribution is -2.22. The Labute approximate surface area is 104 Å². The summed E-state index contributed by atoms with van der Waals surface area (Å²) in [7, 11) is 0. The normalized spacial score (nSPS) is 16.2. The van der Waals surface area contributed by atoms with Crippen molar-refractivity contribution in [1.29, 1.82) is 0 Å². The van der Waals surface area contributed by atoms with Gasteiger partial charge in [-0.1, -0.05) is 43.5 Å². The van der Waals surface area contributed by atoms with Gasteiger partial charge in [-0.25, -0.2) is 0 Å². The van der Waals surface area contributed by atoms with Crippen LogP contribution in [0, 0.1) is 0 Å². The van der Waals surface area contributed by atoms with Gasteiger partial charge in [0.05, 0.1) is 0 Å². The van der Waals surface area contributed by atoms with Crippen molar-refractivity contribution >= 4 is 0 Å². The zero-order chi connectivity index (χ0) is 12.5. The van der Waals surface area contributed by atoms with Crippen LogP contribution in [0.5, 0.6) is 0 Å². The predicted octanol–water partition coefficient (Wildman–Crippen LogP) is 1.88. The summed E-state index contributed by atoms with van der Waals surface area (Å²) in [6.45, 7) is 1.15. The van der Waals surface area contributed by atoms with Gasteiger partial charge in [-0.15, -0.1) is 0 Å². The molecule has 3 heteroatoms. The molecule has 0 unspecified atom stereocenters. The highest BCUT2D eigenvalue weighted by molar-refractivity contribution is 5.26. The molecule has 0 radical (unpaired) electrons. The minimum atomic E-state index is 0.536. The number of benzene rings is 1. The summed E-state index contributed by atoms with van der Waals surface area (Å²) in [5, 5.41) is 0. The van der Waals surface area contributed by atoms with Crippen LogP contribution < -0.4 is 17.2 Å². The van der Waals surface area contributed by atoms with Crippen LogP contribution in [0.15, 0.2) is 24.3 Å². The van der Waals surface area contributed by atoms with E-state index in [2.05, 4.69) is 0 Å². The Balaban J connectivity index is 0.000000181. The van der Waals surface area contributed by atoms with E-state index in [9.17, 15) is 0 Å². The predicted molar refractivity (Wildman–Crippen MR) is 73.3 cm³/mol. The molecule has 0 aromatic heterocycles. The molecule has 0 atom stereocenters. The van der Waals surface area contributed by atoms with E-state index in [4.69, 9.17) is 17.2 Å². The standard InChI is InChI=1S/C8H12N2.C6H13N/c9-5-7-3-1-2-4-8(7)6-10;7-6-4-2-1-3-5-6/h1-4H,5-6,9-10H2;6H,1-5,7H2. The molecule has 1 aliphatic rings. The van der Waals surface area contributed by atoms with Crippen molar-refractivity contribution in [2.45, 2.75) is 51.2 Å². The maximum Gasteiger partial charge on any atom is 0.0181 e. The maximum atomic E-state index is 5.63. The third-order valence-electron chi connectivity index (χ3n) is 3.21. The monoisotopic (exact) mass is 235 g/mol. The zero-order valence-corrected chi connectivity index (χ0v) is 10.6. The summed E-state index contributed by atoms with van der Waals surface area (Å²) in [5.74, 6) is 0. The fourth-order valence-corrected chi connectivity index (χ4v) is 2.09. The SMILES string of the molecule is NC1CCCCC1.NCc1ccccc1CN. The summed E-state index contributed by atoms with van der Waals surface area (Å²) in [4.78, 5) is 0. The first-order chi connectivity index (χ1) is 8.27. The Morgan fingerprint density at radius 3 is 1.65 bits per heavy atom. The van der Waals surface area contributed by atoms with E-state index in [0.29, 0.717) is 19.1 Å². The smallest absolute Gasteiger partial charge is 0.0181 e. The van der Waals surface area contributed by atoms with Crippen LogP contribution in [0.2, 0.25) is 0 Å². The molecule has 1 aromatic rings. The van der Waals surface area contributed by atoms with Gasteiger partial charge in [-0.05, 0) is 24.0 Å². The fraction of sp³-hybridized carbons (Fsp3) is 0.571. The van der Waals surface area contributed by atoms with Crippen LogP contribution in [0.1, 0.15) is 43.2 Å². The minimum Gasteiger partial charge on any atom is -0.328 e. The summed E-state index contributed by atoms with van der Waals surface area (Å²) < 4.78 is 0. The maximum absolute atomic E-state index is 5.63. The lowest BCUT2D eigenvalue weighted by molar-refractivity contribution is 0.441. The van der Waals surface area contributed by atoms with Gasteiger partial charge in [0.25, 0.3) is 0 Å². The van der Waals surface area contributed by atoms with E-state index >= 15 is 0 Å². The zero-order valence-electron chi connectivity index (χ0n) is 10.6. The summed E-state index contributed by atoms with van der Waals surface area (Å²) in [6.07, 6.45) is 6.66. The van der Waals surface area contributed by atoms with Crippen molar-refractivity contribution in [1.82, 2.24) is 0 Å². The molecule has 96 valence electrons. The topological polar surface area (TPSA) is 78.1 Å². The minimum absolute atomic E-state index is 0.536. The molecule has 0 spiro atoms. The highest BCUT2D eigenvalue weighted by atomic mass is 14.6. The molecule has 0 bridgehead atoms. The highest BCUT2D eigenvalue weighted by Crippen LogP contribution is 2.14. The Bertz CT molecular complexity index is 283. The van der Waals surface area contributed by atoms with Crippen molar-refractivity contribution in [3.8, 4) is 0 Å². The Morgan fingerprint density at radius 1 is 0.882 bits per heavy atom. The molecule has 1 fully saturated rings. The molecule has 3 nitrogen and oxygen atoms in total. The lowest BCUT2D eigenvalue weighted by atomic mass is 9.97. The molecule has 17 heavy (non-hydrogen) atoms.